The van der Waals surface area contributed by atoms with Gasteiger partial charge in [-0.15, -0.1) is 23.8 Å². The molecule has 0 saturated heterocycles. The fraction of sp³-hybridized carbons (Fsp3) is 0.182. The predicted molar refractivity (Wildman–Crippen MR) is 294 cm³/mol. The van der Waals surface area contributed by atoms with Crippen molar-refractivity contribution in [3.63, 3.8) is 0 Å². The van der Waals surface area contributed by atoms with Gasteiger partial charge >= 0.3 is 0 Å². The van der Waals surface area contributed by atoms with E-state index in [0.717, 1.165) is 83.6 Å². The van der Waals surface area contributed by atoms with Crippen LogP contribution in [0.1, 0.15) is 92.2 Å². The molecular formula is C66H60N3OPt-. The van der Waals surface area contributed by atoms with E-state index in [1.165, 1.54) is 5.56 Å². The SMILES string of the molecule is [2H]C([2H])([2H])c1cc(-c2c(-c3ccccc3)cccc2C(C)(C)C)ccc1-n1c(-c2cc(C(C)C)cc(C(C)C)c2O)nc2c(-c3[c-]c(-c4cc(-c5ccc(C)cc5)ccn4)cc(-c4ccccc4)c3)cccc21.[Pt]. The number of hydrogen-bond donors (Lipinski definition) is 1. The summed E-state index contributed by atoms with van der Waals surface area (Å²) in [4.78, 5) is 10.5. The number of aromatic hydroxyl groups is 1. The van der Waals surface area contributed by atoms with Crippen LogP contribution in [0.5, 0.6) is 5.75 Å². The van der Waals surface area contributed by atoms with Crippen LogP contribution in [0.2, 0.25) is 0 Å². The Morgan fingerprint density at radius 2 is 1.25 bits per heavy atom. The number of fused-ring (bicyclic) bond motifs is 1. The number of aromatic nitrogens is 3. The molecule has 2 aromatic heterocycles. The van der Waals surface area contributed by atoms with Crippen molar-refractivity contribution in [3.05, 3.63) is 216 Å². The second kappa shape index (κ2) is 19.9. The summed E-state index contributed by atoms with van der Waals surface area (Å²) >= 11 is 0. The van der Waals surface area contributed by atoms with Crippen LogP contribution in [-0.4, -0.2) is 19.6 Å². The van der Waals surface area contributed by atoms with E-state index in [9.17, 15) is 9.22 Å². The molecule has 0 aliphatic heterocycles. The number of phenolic OH excluding ortho intramolecular Hbond substituents is 1. The summed E-state index contributed by atoms with van der Waals surface area (Å²) in [5.74, 6) is 0.692. The summed E-state index contributed by atoms with van der Waals surface area (Å²) < 4.78 is 29.8. The van der Waals surface area contributed by atoms with Crippen molar-refractivity contribution in [1.29, 1.82) is 0 Å². The first-order valence-corrected chi connectivity index (χ1v) is 24.3. The van der Waals surface area contributed by atoms with E-state index in [1.807, 2.05) is 89.6 Å². The number of benzene rings is 8. The molecule has 1 N–H and O–H groups in total. The van der Waals surface area contributed by atoms with E-state index in [4.69, 9.17) is 9.97 Å². The zero-order valence-corrected chi connectivity index (χ0v) is 43.9. The average molecular weight is 1110 g/mol. The number of hydrogen-bond acceptors (Lipinski definition) is 3. The Morgan fingerprint density at radius 3 is 1.94 bits per heavy atom. The minimum atomic E-state index is -2.56. The third kappa shape index (κ3) is 9.59. The molecule has 0 saturated carbocycles. The van der Waals surface area contributed by atoms with Crippen molar-refractivity contribution in [2.45, 2.75) is 79.5 Å². The van der Waals surface area contributed by atoms with Crippen LogP contribution in [0.4, 0.5) is 0 Å². The van der Waals surface area contributed by atoms with Crippen LogP contribution in [0.25, 0.3) is 95.0 Å². The number of para-hydroxylation sites is 1. The Balaban J connectivity index is 0.00000672. The number of aryl methyl sites for hydroxylation is 2. The molecule has 71 heavy (non-hydrogen) atoms. The van der Waals surface area contributed by atoms with Crippen LogP contribution >= 0.6 is 0 Å². The third-order valence-electron chi connectivity index (χ3n) is 13.5. The maximum atomic E-state index is 12.4. The first-order valence-electron chi connectivity index (χ1n) is 25.8. The van der Waals surface area contributed by atoms with E-state index in [-0.39, 0.29) is 49.6 Å². The van der Waals surface area contributed by atoms with Crippen molar-refractivity contribution >= 4 is 11.0 Å². The first-order chi connectivity index (χ1) is 34.9. The normalized spacial score (nSPS) is 12.5. The zero-order valence-electron chi connectivity index (χ0n) is 44.6. The molecule has 2 heterocycles. The van der Waals surface area contributed by atoms with Crippen molar-refractivity contribution in [1.82, 2.24) is 14.5 Å². The average Bonchev–Trinajstić information content (AvgIpc) is 3.78. The summed E-state index contributed by atoms with van der Waals surface area (Å²) in [6.45, 7) is 14.6. The Bertz CT molecular complexity index is 3670. The molecule has 0 radical (unpaired) electrons. The van der Waals surface area contributed by atoms with E-state index in [2.05, 4.69) is 159 Å². The molecule has 356 valence electrons. The Hall–Kier alpha value is -7.13. The van der Waals surface area contributed by atoms with Crippen molar-refractivity contribution in [3.8, 4) is 89.7 Å². The number of imidazole rings is 1. The van der Waals surface area contributed by atoms with Crippen molar-refractivity contribution in [2.24, 2.45) is 0 Å². The molecule has 8 aromatic carbocycles. The molecule has 0 amide bonds. The number of rotatable bonds is 10. The number of pyridine rings is 1. The minimum Gasteiger partial charge on any atom is -0.507 e. The van der Waals surface area contributed by atoms with Gasteiger partial charge < -0.3 is 5.11 Å². The van der Waals surface area contributed by atoms with Gasteiger partial charge in [0.25, 0.3) is 0 Å². The zero-order chi connectivity index (χ0) is 51.3. The van der Waals surface area contributed by atoms with Gasteiger partial charge in [-0.2, -0.15) is 0 Å². The van der Waals surface area contributed by atoms with Gasteiger partial charge in [-0.1, -0.05) is 204 Å². The molecule has 10 rings (SSSR count). The fourth-order valence-electron chi connectivity index (χ4n) is 9.75. The fourth-order valence-corrected chi connectivity index (χ4v) is 9.75. The number of nitrogens with zero attached hydrogens (tertiary/aromatic N) is 3. The van der Waals surface area contributed by atoms with Crippen LogP contribution < -0.4 is 0 Å². The molecular weight excluding hydrogens is 1050 g/mol. The molecule has 0 unspecified atom stereocenters. The maximum absolute atomic E-state index is 12.4. The van der Waals surface area contributed by atoms with Gasteiger partial charge in [-0.05, 0) is 123 Å². The Kier molecular flexibility index (Phi) is 12.6. The van der Waals surface area contributed by atoms with E-state index in [1.54, 1.807) is 0 Å². The van der Waals surface area contributed by atoms with Crippen molar-refractivity contribution < 1.29 is 30.3 Å². The van der Waals surface area contributed by atoms with Crippen LogP contribution in [0.15, 0.2) is 182 Å². The minimum absolute atomic E-state index is 0. The van der Waals surface area contributed by atoms with Gasteiger partial charge in [0, 0.05) is 37.1 Å². The number of phenols is 1. The van der Waals surface area contributed by atoms with Gasteiger partial charge in [0.1, 0.15) is 11.6 Å². The molecule has 0 aliphatic carbocycles. The second-order valence-electron chi connectivity index (χ2n) is 20.2. The Labute approximate surface area is 438 Å². The molecule has 4 nitrogen and oxygen atoms in total. The maximum Gasteiger partial charge on any atom is 0.148 e. The van der Waals surface area contributed by atoms with Crippen LogP contribution in [-0.2, 0) is 26.5 Å². The molecule has 0 bridgehead atoms. The largest absolute Gasteiger partial charge is 0.507 e. The smallest absolute Gasteiger partial charge is 0.148 e. The van der Waals surface area contributed by atoms with E-state index >= 15 is 0 Å². The molecule has 10 aromatic rings. The molecule has 0 atom stereocenters. The molecule has 0 fully saturated rings. The summed E-state index contributed by atoms with van der Waals surface area (Å²) in [6.07, 6.45) is 1.85. The van der Waals surface area contributed by atoms with E-state index in [0.29, 0.717) is 28.1 Å². The molecule has 0 spiro atoms. The predicted octanol–water partition coefficient (Wildman–Crippen LogP) is 17.8. The quantitative estimate of drug-likeness (QED) is 0.139. The monoisotopic (exact) mass is 1110 g/mol. The Morgan fingerprint density at radius 1 is 0.592 bits per heavy atom. The standard InChI is InChI=1S/C66H60N3O.Pt/c1-41(2)50-38-56(42(3)4)64(70)57(39-50)65-68-63-55(52-35-51(45-18-12-10-13-19-45)36-53(37-52)59-40-48(32-33-67-59)46-28-26-43(5)27-29-46)23-17-25-61(63)69(65)60-31-30-49(34-44(60)6)62-54(47-20-14-11-15-21-47)22-16-24-58(62)66(7,8)9;/h10-36,38-42,70H,1-9H3;/q-1;/i6D3;. The topological polar surface area (TPSA) is 50.9 Å². The molecule has 5 heteroatoms. The van der Waals surface area contributed by atoms with Gasteiger partial charge in [0.05, 0.1) is 22.3 Å². The third-order valence-corrected chi connectivity index (χ3v) is 13.5. The van der Waals surface area contributed by atoms with Gasteiger partial charge in [0.15, 0.2) is 0 Å². The summed E-state index contributed by atoms with van der Waals surface area (Å²) in [7, 11) is 0. The van der Waals surface area contributed by atoms with Crippen LogP contribution in [0.3, 0.4) is 0 Å². The summed E-state index contributed by atoms with van der Waals surface area (Å²) in [6, 6.07) is 63.6. The second-order valence-corrected chi connectivity index (χ2v) is 20.2. The van der Waals surface area contributed by atoms with E-state index < -0.39 is 6.85 Å². The van der Waals surface area contributed by atoms with Gasteiger partial charge in [-0.3, -0.25) is 9.55 Å². The molecule has 0 aliphatic rings. The first kappa shape index (κ1) is 45.0. The van der Waals surface area contributed by atoms with Gasteiger partial charge in [-0.25, -0.2) is 4.98 Å². The van der Waals surface area contributed by atoms with Crippen LogP contribution in [0, 0.1) is 19.8 Å². The summed E-state index contributed by atoms with van der Waals surface area (Å²) in [5.41, 5.74) is 17.6. The van der Waals surface area contributed by atoms with Crippen molar-refractivity contribution in [2.75, 3.05) is 0 Å². The summed E-state index contributed by atoms with van der Waals surface area (Å²) in [5, 5.41) is 12.4. The van der Waals surface area contributed by atoms with Gasteiger partial charge in [0.2, 0.25) is 0 Å².